The lowest BCUT2D eigenvalue weighted by Gasteiger charge is -2.21. The standard InChI is InChI=1S/C17H14N4O5/c1-17(15(23)19-16(24)20-17)11-3-2-4-12(9-11)18-14(22)10-5-7-13(8-6-10)21(25)26/h2-9H,1H3,(H,18,22)(H2,19,20,23,24)/t17-/m1/s1. The predicted molar refractivity (Wildman–Crippen MR) is 91.5 cm³/mol. The van der Waals surface area contributed by atoms with E-state index in [1.807, 2.05) is 0 Å². The molecule has 2 aromatic rings. The van der Waals surface area contributed by atoms with Crippen LogP contribution in [0.2, 0.25) is 0 Å². The minimum Gasteiger partial charge on any atom is -0.322 e. The van der Waals surface area contributed by atoms with Crippen LogP contribution in [0.25, 0.3) is 0 Å². The van der Waals surface area contributed by atoms with Crippen LogP contribution in [0.1, 0.15) is 22.8 Å². The van der Waals surface area contributed by atoms with E-state index >= 15 is 0 Å². The van der Waals surface area contributed by atoms with E-state index in [1.54, 1.807) is 31.2 Å². The Labute approximate surface area is 147 Å². The average molecular weight is 354 g/mol. The molecule has 1 heterocycles. The number of nitro benzene ring substituents is 1. The molecule has 9 heteroatoms. The number of amides is 4. The maximum Gasteiger partial charge on any atom is 0.322 e. The van der Waals surface area contributed by atoms with E-state index in [-0.39, 0.29) is 11.3 Å². The fourth-order valence-electron chi connectivity index (χ4n) is 2.59. The van der Waals surface area contributed by atoms with Crippen molar-refractivity contribution in [3.05, 3.63) is 69.8 Å². The number of imide groups is 1. The number of nitrogens with one attached hydrogen (secondary N) is 3. The van der Waals surface area contributed by atoms with Crippen LogP contribution in [0, 0.1) is 10.1 Å². The van der Waals surface area contributed by atoms with Gasteiger partial charge in [0, 0.05) is 23.4 Å². The number of rotatable bonds is 4. The first-order valence-electron chi connectivity index (χ1n) is 7.59. The molecule has 0 aliphatic carbocycles. The Balaban J connectivity index is 1.80. The summed E-state index contributed by atoms with van der Waals surface area (Å²) in [6, 6.07) is 11.1. The average Bonchev–Trinajstić information content (AvgIpc) is 2.88. The highest BCUT2D eigenvalue weighted by atomic mass is 16.6. The van der Waals surface area contributed by atoms with Crippen LogP contribution in [0.3, 0.4) is 0 Å². The fourth-order valence-corrected chi connectivity index (χ4v) is 2.59. The number of non-ortho nitro benzene ring substituents is 1. The van der Waals surface area contributed by atoms with Gasteiger partial charge < -0.3 is 10.6 Å². The van der Waals surface area contributed by atoms with Crippen LogP contribution in [0.4, 0.5) is 16.2 Å². The lowest BCUT2D eigenvalue weighted by molar-refractivity contribution is -0.384. The molecular formula is C17H14N4O5. The molecule has 0 bridgehead atoms. The van der Waals surface area contributed by atoms with Gasteiger partial charge in [-0.15, -0.1) is 0 Å². The topological polar surface area (TPSA) is 130 Å². The molecule has 132 valence electrons. The minimum atomic E-state index is -1.23. The summed E-state index contributed by atoms with van der Waals surface area (Å²) in [5.41, 5.74) is -0.174. The number of carbonyl (C=O) groups is 3. The molecule has 1 fully saturated rings. The van der Waals surface area contributed by atoms with E-state index in [4.69, 9.17) is 0 Å². The van der Waals surface area contributed by atoms with Gasteiger partial charge in [-0.05, 0) is 36.8 Å². The van der Waals surface area contributed by atoms with Crippen molar-refractivity contribution in [3.63, 3.8) is 0 Å². The van der Waals surface area contributed by atoms with Crippen LogP contribution in [-0.4, -0.2) is 22.8 Å². The molecule has 0 spiro atoms. The van der Waals surface area contributed by atoms with Gasteiger partial charge in [-0.3, -0.25) is 25.0 Å². The predicted octanol–water partition coefficient (Wildman–Crippen LogP) is 1.90. The highest BCUT2D eigenvalue weighted by Gasteiger charge is 2.43. The van der Waals surface area contributed by atoms with Gasteiger partial charge in [-0.25, -0.2) is 4.79 Å². The van der Waals surface area contributed by atoms with Gasteiger partial charge in [0.15, 0.2) is 0 Å². The van der Waals surface area contributed by atoms with Crippen LogP contribution in [-0.2, 0) is 10.3 Å². The molecule has 0 aromatic heterocycles. The van der Waals surface area contributed by atoms with Crippen LogP contribution in [0.15, 0.2) is 48.5 Å². The smallest absolute Gasteiger partial charge is 0.322 e. The van der Waals surface area contributed by atoms with Gasteiger partial charge in [0.25, 0.3) is 17.5 Å². The number of hydrogen-bond acceptors (Lipinski definition) is 5. The number of anilines is 1. The lowest BCUT2D eigenvalue weighted by Crippen LogP contribution is -2.40. The van der Waals surface area contributed by atoms with Crippen molar-refractivity contribution in [2.24, 2.45) is 0 Å². The normalized spacial score (nSPS) is 18.8. The molecule has 3 N–H and O–H groups in total. The van der Waals surface area contributed by atoms with Crippen molar-refractivity contribution in [1.82, 2.24) is 10.6 Å². The summed E-state index contributed by atoms with van der Waals surface area (Å²) in [4.78, 5) is 45.8. The zero-order valence-electron chi connectivity index (χ0n) is 13.6. The van der Waals surface area contributed by atoms with E-state index in [0.29, 0.717) is 11.3 Å². The van der Waals surface area contributed by atoms with Crippen molar-refractivity contribution in [2.45, 2.75) is 12.5 Å². The molecule has 26 heavy (non-hydrogen) atoms. The Hall–Kier alpha value is -3.75. The summed E-state index contributed by atoms with van der Waals surface area (Å²) in [5, 5.41) is 18.0. The number of nitrogens with zero attached hydrogens (tertiary/aromatic N) is 1. The number of benzene rings is 2. The molecule has 1 saturated heterocycles. The molecule has 1 atom stereocenters. The van der Waals surface area contributed by atoms with Crippen molar-refractivity contribution in [3.8, 4) is 0 Å². The number of hydrogen-bond donors (Lipinski definition) is 3. The van der Waals surface area contributed by atoms with E-state index in [9.17, 15) is 24.5 Å². The van der Waals surface area contributed by atoms with E-state index in [2.05, 4.69) is 16.0 Å². The van der Waals surface area contributed by atoms with E-state index in [1.165, 1.54) is 24.3 Å². The monoisotopic (exact) mass is 354 g/mol. The second-order valence-electron chi connectivity index (χ2n) is 5.87. The third-order valence-electron chi connectivity index (χ3n) is 4.08. The lowest BCUT2D eigenvalue weighted by atomic mass is 9.92. The third-order valence-corrected chi connectivity index (χ3v) is 4.08. The summed E-state index contributed by atoms with van der Waals surface area (Å²) in [6.07, 6.45) is 0. The maximum absolute atomic E-state index is 12.3. The SMILES string of the molecule is C[C@]1(c2cccc(NC(=O)c3ccc([N+](=O)[O-])cc3)c2)NC(=O)NC1=O. The van der Waals surface area contributed by atoms with Crippen molar-refractivity contribution in [2.75, 3.05) is 5.32 Å². The van der Waals surface area contributed by atoms with Crippen LogP contribution in [0.5, 0.6) is 0 Å². The molecular weight excluding hydrogens is 340 g/mol. The largest absolute Gasteiger partial charge is 0.322 e. The summed E-state index contributed by atoms with van der Waals surface area (Å²) in [7, 11) is 0. The number of urea groups is 1. The van der Waals surface area contributed by atoms with E-state index < -0.39 is 28.3 Å². The Morgan fingerprint density at radius 2 is 1.85 bits per heavy atom. The molecule has 0 saturated carbocycles. The molecule has 1 aliphatic heterocycles. The van der Waals surface area contributed by atoms with Crippen LogP contribution < -0.4 is 16.0 Å². The molecule has 2 aromatic carbocycles. The first kappa shape index (κ1) is 17.1. The maximum atomic E-state index is 12.3. The second-order valence-corrected chi connectivity index (χ2v) is 5.87. The Kier molecular flexibility index (Phi) is 4.13. The highest BCUT2D eigenvalue weighted by molar-refractivity contribution is 6.07. The zero-order chi connectivity index (χ0) is 18.9. The summed E-state index contributed by atoms with van der Waals surface area (Å²) in [6.45, 7) is 1.56. The van der Waals surface area contributed by atoms with E-state index in [0.717, 1.165) is 0 Å². The third kappa shape index (κ3) is 3.09. The Bertz CT molecular complexity index is 925. The van der Waals surface area contributed by atoms with Crippen molar-refractivity contribution in [1.29, 1.82) is 0 Å². The quantitative estimate of drug-likeness (QED) is 0.438. The first-order valence-corrected chi connectivity index (χ1v) is 7.59. The minimum absolute atomic E-state index is 0.112. The highest BCUT2D eigenvalue weighted by Crippen LogP contribution is 2.26. The molecule has 9 nitrogen and oxygen atoms in total. The van der Waals surface area contributed by atoms with Crippen molar-refractivity contribution >= 4 is 29.2 Å². The molecule has 3 rings (SSSR count). The van der Waals surface area contributed by atoms with Gasteiger partial charge in [-0.1, -0.05) is 12.1 Å². The molecule has 0 radical (unpaired) electrons. The van der Waals surface area contributed by atoms with Gasteiger partial charge in [0.05, 0.1) is 4.92 Å². The Morgan fingerprint density at radius 3 is 2.42 bits per heavy atom. The zero-order valence-corrected chi connectivity index (χ0v) is 13.6. The van der Waals surface area contributed by atoms with Gasteiger partial charge >= 0.3 is 6.03 Å². The Morgan fingerprint density at radius 1 is 1.15 bits per heavy atom. The summed E-state index contributed by atoms with van der Waals surface area (Å²) in [5.74, 6) is -0.941. The first-order chi connectivity index (χ1) is 12.3. The number of carbonyl (C=O) groups excluding carboxylic acids is 3. The summed E-state index contributed by atoms with van der Waals surface area (Å²) < 4.78 is 0. The molecule has 1 aliphatic rings. The van der Waals surface area contributed by atoms with Crippen molar-refractivity contribution < 1.29 is 19.3 Å². The second kappa shape index (κ2) is 6.28. The number of nitro groups is 1. The summed E-state index contributed by atoms with van der Waals surface area (Å²) >= 11 is 0. The fraction of sp³-hybridized carbons (Fsp3) is 0.118. The molecule has 4 amide bonds. The molecule has 0 unspecified atom stereocenters. The van der Waals surface area contributed by atoms with Gasteiger partial charge in [0.1, 0.15) is 5.54 Å². The van der Waals surface area contributed by atoms with Gasteiger partial charge in [0.2, 0.25) is 0 Å². The van der Waals surface area contributed by atoms with Crippen LogP contribution >= 0.6 is 0 Å². The van der Waals surface area contributed by atoms with Gasteiger partial charge in [-0.2, -0.15) is 0 Å².